The van der Waals surface area contributed by atoms with Gasteiger partial charge in [-0.2, -0.15) is 5.26 Å². The van der Waals surface area contributed by atoms with Crippen molar-refractivity contribution in [2.45, 2.75) is 39.5 Å². The lowest BCUT2D eigenvalue weighted by molar-refractivity contribution is -0.118. The standard InChI is InChI=1S/C24H24N4O/c1-15-6-8-17(9-7-15)28-19-11-24(2,3)12-20(29)22(19)21(18(13-25)23(28)26)16-5-4-10-27-14-16/h4-10,14,21H,11-12,26H2,1-3H3/t21-/m1/s1. The van der Waals surface area contributed by atoms with Crippen LogP contribution in [0.15, 0.2) is 71.5 Å². The van der Waals surface area contributed by atoms with Gasteiger partial charge in [0.15, 0.2) is 5.78 Å². The highest BCUT2D eigenvalue weighted by atomic mass is 16.1. The number of allylic oxidation sites excluding steroid dienone is 3. The summed E-state index contributed by atoms with van der Waals surface area (Å²) in [5.41, 5.74) is 11.2. The Labute approximate surface area is 171 Å². The minimum Gasteiger partial charge on any atom is -0.384 e. The first-order valence-corrected chi connectivity index (χ1v) is 9.75. The first-order valence-electron chi connectivity index (χ1n) is 9.75. The Balaban J connectivity index is 1.99. The van der Waals surface area contributed by atoms with E-state index in [4.69, 9.17) is 5.73 Å². The zero-order chi connectivity index (χ0) is 20.8. The maximum Gasteiger partial charge on any atom is 0.162 e. The molecule has 0 saturated heterocycles. The summed E-state index contributed by atoms with van der Waals surface area (Å²) in [6, 6.07) is 14.0. The molecule has 0 amide bonds. The molecule has 4 rings (SSSR count). The number of Topliss-reactive ketones (excluding diaryl/α,β-unsaturated/α-hetero) is 1. The van der Waals surface area contributed by atoms with Crippen LogP contribution in [0.2, 0.25) is 0 Å². The lowest BCUT2D eigenvalue weighted by Crippen LogP contribution is -2.42. The number of aryl methyl sites for hydroxylation is 1. The van der Waals surface area contributed by atoms with Crippen LogP contribution in [0.5, 0.6) is 0 Å². The number of hydrogen-bond donors (Lipinski definition) is 1. The summed E-state index contributed by atoms with van der Waals surface area (Å²) in [6.07, 6.45) is 4.56. The summed E-state index contributed by atoms with van der Waals surface area (Å²) in [5, 5.41) is 10.0. The largest absolute Gasteiger partial charge is 0.384 e. The Kier molecular flexibility index (Phi) is 4.50. The second-order valence-corrected chi connectivity index (χ2v) is 8.60. The number of pyridine rings is 1. The fourth-order valence-electron chi connectivity index (χ4n) is 4.38. The van der Waals surface area contributed by atoms with Crippen LogP contribution in [0.25, 0.3) is 0 Å². The second kappa shape index (κ2) is 6.89. The van der Waals surface area contributed by atoms with Crippen LogP contribution in [0.3, 0.4) is 0 Å². The Morgan fingerprint density at radius 2 is 1.93 bits per heavy atom. The van der Waals surface area contributed by atoms with Crippen LogP contribution < -0.4 is 10.6 Å². The maximum absolute atomic E-state index is 13.3. The van der Waals surface area contributed by atoms with Crippen molar-refractivity contribution in [3.05, 3.63) is 82.6 Å². The molecule has 0 bridgehead atoms. The van der Waals surface area contributed by atoms with Crippen LogP contribution >= 0.6 is 0 Å². The average Bonchev–Trinajstić information content (AvgIpc) is 2.68. The quantitative estimate of drug-likeness (QED) is 0.833. The highest BCUT2D eigenvalue weighted by Crippen LogP contribution is 2.49. The molecule has 146 valence electrons. The highest BCUT2D eigenvalue weighted by Gasteiger charge is 2.44. The van der Waals surface area contributed by atoms with Crippen molar-refractivity contribution in [1.82, 2.24) is 4.98 Å². The van der Waals surface area contributed by atoms with Crippen molar-refractivity contribution < 1.29 is 4.79 Å². The smallest absolute Gasteiger partial charge is 0.162 e. The number of hydrogen-bond acceptors (Lipinski definition) is 5. The van der Waals surface area contributed by atoms with Gasteiger partial charge in [-0.15, -0.1) is 0 Å². The number of nitriles is 1. The summed E-state index contributed by atoms with van der Waals surface area (Å²) >= 11 is 0. The van der Waals surface area contributed by atoms with Crippen LogP contribution in [-0.2, 0) is 4.79 Å². The minimum atomic E-state index is -0.478. The van der Waals surface area contributed by atoms with Gasteiger partial charge in [0.2, 0.25) is 0 Å². The third kappa shape index (κ3) is 3.21. The molecule has 29 heavy (non-hydrogen) atoms. The van der Waals surface area contributed by atoms with Crippen LogP contribution in [0.4, 0.5) is 5.69 Å². The Morgan fingerprint density at radius 1 is 1.21 bits per heavy atom. The van der Waals surface area contributed by atoms with Gasteiger partial charge in [-0.05, 0) is 42.5 Å². The molecule has 2 heterocycles. The number of nitrogens with two attached hydrogens (primary N) is 1. The number of carbonyl (C=O) groups excluding carboxylic acids is 1. The molecule has 1 aromatic carbocycles. The van der Waals surface area contributed by atoms with Crippen molar-refractivity contribution in [3.8, 4) is 6.07 Å². The number of benzene rings is 1. The van der Waals surface area contributed by atoms with Crippen LogP contribution in [0.1, 0.15) is 43.7 Å². The predicted octanol–water partition coefficient (Wildman–Crippen LogP) is 4.33. The van der Waals surface area contributed by atoms with Crippen molar-refractivity contribution in [1.29, 1.82) is 5.26 Å². The summed E-state index contributed by atoms with van der Waals surface area (Å²) in [5.74, 6) is -0.0223. The molecule has 0 saturated carbocycles. The summed E-state index contributed by atoms with van der Waals surface area (Å²) in [7, 11) is 0. The monoisotopic (exact) mass is 384 g/mol. The number of rotatable bonds is 2. The van der Waals surface area contributed by atoms with Gasteiger partial charge in [-0.1, -0.05) is 37.6 Å². The van der Waals surface area contributed by atoms with E-state index in [-0.39, 0.29) is 11.2 Å². The molecule has 2 aromatic rings. The number of aromatic nitrogens is 1. The number of anilines is 1. The molecule has 1 aliphatic carbocycles. The van der Waals surface area contributed by atoms with E-state index < -0.39 is 5.92 Å². The average molecular weight is 384 g/mol. The van der Waals surface area contributed by atoms with Gasteiger partial charge in [0, 0.05) is 35.8 Å². The van der Waals surface area contributed by atoms with Crippen molar-refractivity contribution >= 4 is 11.5 Å². The van der Waals surface area contributed by atoms with E-state index in [0.29, 0.717) is 29.8 Å². The van der Waals surface area contributed by atoms with Crippen LogP contribution in [0, 0.1) is 23.7 Å². The van der Waals surface area contributed by atoms with Crippen LogP contribution in [-0.4, -0.2) is 10.8 Å². The second-order valence-electron chi connectivity index (χ2n) is 8.60. The van der Waals surface area contributed by atoms with Gasteiger partial charge in [-0.25, -0.2) is 0 Å². The highest BCUT2D eigenvalue weighted by molar-refractivity contribution is 6.01. The van der Waals surface area contributed by atoms with Gasteiger partial charge in [-0.3, -0.25) is 14.7 Å². The molecule has 1 aliphatic heterocycles. The van der Waals surface area contributed by atoms with E-state index in [9.17, 15) is 10.1 Å². The normalized spacial score (nSPS) is 21.1. The molecule has 2 aliphatic rings. The zero-order valence-corrected chi connectivity index (χ0v) is 16.9. The predicted molar refractivity (Wildman–Crippen MR) is 113 cm³/mol. The van der Waals surface area contributed by atoms with Crippen molar-refractivity contribution in [2.24, 2.45) is 11.1 Å². The number of nitrogens with zero attached hydrogens (tertiary/aromatic N) is 3. The van der Waals surface area contributed by atoms with Crippen molar-refractivity contribution in [3.63, 3.8) is 0 Å². The maximum atomic E-state index is 13.3. The topological polar surface area (TPSA) is 83.0 Å². The summed E-state index contributed by atoms with van der Waals surface area (Å²) in [6.45, 7) is 6.22. The molecule has 1 aromatic heterocycles. The zero-order valence-electron chi connectivity index (χ0n) is 16.9. The van der Waals surface area contributed by atoms with Crippen molar-refractivity contribution in [2.75, 3.05) is 4.90 Å². The minimum absolute atomic E-state index is 0.0717. The van der Waals surface area contributed by atoms with E-state index in [1.54, 1.807) is 12.4 Å². The third-order valence-electron chi connectivity index (χ3n) is 5.69. The molecule has 5 nitrogen and oxygen atoms in total. The first-order chi connectivity index (χ1) is 13.8. The molecule has 1 atom stereocenters. The van der Waals surface area contributed by atoms with Gasteiger partial charge in [0.25, 0.3) is 0 Å². The Morgan fingerprint density at radius 3 is 2.55 bits per heavy atom. The first kappa shape index (κ1) is 18.9. The van der Waals surface area contributed by atoms with E-state index in [2.05, 4.69) is 24.9 Å². The van der Waals surface area contributed by atoms with E-state index in [1.807, 2.05) is 48.2 Å². The lowest BCUT2D eigenvalue weighted by atomic mass is 9.68. The lowest BCUT2D eigenvalue weighted by Gasteiger charge is -2.43. The van der Waals surface area contributed by atoms with Gasteiger partial charge in [0.1, 0.15) is 5.82 Å². The molecule has 0 radical (unpaired) electrons. The Hall–Kier alpha value is -3.39. The third-order valence-corrected chi connectivity index (χ3v) is 5.69. The molecule has 2 N–H and O–H groups in total. The fourth-order valence-corrected chi connectivity index (χ4v) is 4.38. The van der Waals surface area contributed by atoms with Gasteiger partial charge < -0.3 is 5.73 Å². The van der Waals surface area contributed by atoms with Gasteiger partial charge >= 0.3 is 0 Å². The molecular weight excluding hydrogens is 360 g/mol. The van der Waals surface area contributed by atoms with E-state index >= 15 is 0 Å². The molecule has 0 fully saturated rings. The molecule has 5 heteroatoms. The molecule has 0 spiro atoms. The summed E-state index contributed by atoms with van der Waals surface area (Å²) in [4.78, 5) is 19.5. The fraction of sp³-hybridized carbons (Fsp3) is 0.292. The number of ketones is 1. The SMILES string of the molecule is Cc1ccc(N2C(N)=C(C#N)[C@@H](c3cccnc3)C3=C2CC(C)(C)CC3=O)cc1. The van der Waals surface area contributed by atoms with Gasteiger partial charge in [0.05, 0.1) is 17.6 Å². The molecule has 0 unspecified atom stereocenters. The van der Waals surface area contributed by atoms with E-state index in [0.717, 1.165) is 22.5 Å². The van der Waals surface area contributed by atoms with E-state index in [1.165, 1.54) is 0 Å². The molecular formula is C24H24N4O. The summed E-state index contributed by atoms with van der Waals surface area (Å²) < 4.78 is 0. The number of carbonyl (C=O) groups is 1. The Bertz CT molecular complexity index is 1070.